The Hall–Kier alpha value is -2.45. The molecule has 8 heteroatoms. The smallest absolute Gasteiger partial charge is 0.213 e. The lowest BCUT2D eigenvalue weighted by Gasteiger charge is -2.10. The van der Waals surface area contributed by atoms with Crippen LogP contribution in [-0.4, -0.2) is 20.3 Å². The fourth-order valence-corrected chi connectivity index (χ4v) is 5.32. The van der Waals surface area contributed by atoms with E-state index < -0.39 is 0 Å². The van der Waals surface area contributed by atoms with E-state index in [1.165, 1.54) is 21.9 Å². The number of para-hydroxylation sites is 2. The molecule has 0 saturated heterocycles. The third-order valence-corrected chi connectivity index (χ3v) is 6.05. The first-order valence-corrected chi connectivity index (χ1v) is 8.82. The normalized spacial score (nSPS) is 13.2. The average molecular weight is 340 g/mol. The molecule has 0 spiro atoms. The van der Waals surface area contributed by atoms with Crippen molar-refractivity contribution < 1.29 is 0 Å². The highest BCUT2D eigenvalue weighted by Gasteiger charge is 2.27. The topological polar surface area (TPSA) is 94.6 Å². The number of hydrogen-bond donors (Lipinski definition) is 2. The number of hydrogen-bond acceptors (Lipinski definition) is 5. The summed E-state index contributed by atoms with van der Waals surface area (Å²) >= 11 is 3.29. The number of fused-ring (bicyclic) bond motifs is 7. The van der Waals surface area contributed by atoms with E-state index in [2.05, 4.69) is 20.4 Å². The maximum Gasteiger partial charge on any atom is 0.213 e. The predicted octanol–water partition coefficient (Wildman–Crippen LogP) is 2.68. The molecule has 1 aromatic carbocycles. The molecule has 4 aromatic rings. The molecule has 6 nitrogen and oxygen atoms in total. The number of aromatic nitrogens is 3. The van der Waals surface area contributed by atoms with E-state index in [4.69, 9.17) is 16.5 Å². The minimum atomic E-state index is 0.0415. The summed E-state index contributed by atoms with van der Waals surface area (Å²) in [5.74, 6) is 0.0415. The molecule has 1 aliphatic carbocycles. The first kappa shape index (κ1) is 13.0. The van der Waals surface area contributed by atoms with E-state index >= 15 is 0 Å². The van der Waals surface area contributed by atoms with Crippen molar-refractivity contribution in [2.24, 2.45) is 16.5 Å². The van der Waals surface area contributed by atoms with Crippen molar-refractivity contribution in [2.75, 3.05) is 0 Å². The zero-order valence-electron chi connectivity index (χ0n) is 12.0. The molecule has 4 N–H and O–H groups in total. The fourth-order valence-electron chi connectivity index (χ4n) is 3.05. The molecule has 23 heavy (non-hydrogen) atoms. The van der Waals surface area contributed by atoms with Crippen LogP contribution >= 0.6 is 22.7 Å². The molecular weight excluding hydrogens is 328 g/mol. The van der Waals surface area contributed by atoms with Crippen LogP contribution in [0, 0.1) is 0 Å². The van der Waals surface area contributed by atoms with Gasteiger partial charge in [-0.05, 0) is 25.0 Å². The van der Waals surface area contributed by atoms with Crippen LogP contribution in [-0.2, 0) is 12.8 Å². The van der Waals surface area contributed by atoms with E-state index in [-0.39, 0.29) is 5.96 Å². The Morgan fingerprint density at radius 1 is 1.13 bits per heavy atom. The van der Waals surface area contributed by atoms with Gasteiger partial charge >= 0.3 is 0 Å². The summed E-state index contributed by atoms with van der Waals surface area (Å²) in [5.41, 5.74) is 15.4. The summed E-state index contributed by atoms with van der Waals surface area (Å²) in [5, 5.41) is 0.617. The van der Waals surface area contributed by atoms with Crippen LogP contribution in [0.25, 0.3) is 26.6 Å². The molecule has 5 rings (SSSR count). The highest BCUT2D eigenvalue weighted by atomic mass is 32.1. The molecule has 0 radical (unpaired) electrons. The lowest BCUT2D eigenvalue weighted by Crippen LogP contribution is -2.21. The van der Waals surface area contributed by atoms with Gasteiger partial charge in [-0.1, -0.05) is 23.5 Å². The van der Waals surface area contributed by atoms with Gasteiger partial charge < -0.3 is 11.5 Å². The maximum absolute atomic E-state index is 5.49. The molecule has 3 aromatic heterocycles. The van der Waals surface area contributed by atoms with Gasteiger partial charge in [0.2, 0.25) is 5.13 Å². The molecule has 0 fully saturated rings. The number of aliphatic imine (C=N–C) groups is 1. The van der Waals surface area contributed by atoms with Crippen LogP contribution in [0.15, 0.2) is 29.3 Å². The largest absolute Gasteiger partial charge is 0.370 e. The van der Waals surface area contributed by atoms with Gasteiger partial charge in [-0.2, -0.15) is 4.99 Å². The molecule has 0 bridgehead atoms. The van der Waals surface area contributed by atoms with Crippen LogP contribution in [0.4, 0.5) is 5.13 Å². The van der Waals surface area contributed by atoms with Gasteiger partial charge in [0.1, 0.15) is 0 Å². The van der Waals surface area contributed by atoms with Crippen molar-refractivity contribution in [1.29, 1.82) is 0 Å². The van der Waals surface area contributed by atoms with Crippen molar-refractivity contribution in [3.63, 3.8) is 0 Å². The van der Waals surface area contributed by atoms with Gasteiger partial charge in [0.15, 0.2) is 10.9 Å². The van der Waals surface area contributed by atoms with Gasteiger partial charge in [0.05, 0.1) is 27.3 Å². The van der Waals surface area contributed by atoms with Crippen molar-refractivity contribution in [2.45, 2.75) is 12.8 Å². The summed E-state index contributed by atoms with van der Waals surface area (Å²) < 4.78 is 2.24. The number of imidazole rings is 1. The summed E-state index contributed by atoms with van der Waals surface area (Å²) in [7, 11) is 0. The second-order valence-electron chi connectivity index (χ2n) is 5.40. The number of nitrogens with two attached hydrogens (primary N) is 2. The van der Waals surface area contributed by atoms with Gasteiger partial charge in [0, 0.05) is 4.88 Å². The Labute approximate surface area is 139 Å². The molecule has 3 heterocycles. The van der Waals surface area contributed by atoms with Gasteiger partial charge in [-0.3, -0.25) is 4.40 Å². The number of nitrogens with zero attached hydrogens (tertiary/aromatic N) is 4. The fraction of sp³-hybridized carbons (Fsp3) is 0.133. The highest BCUT2D eigenvalue weighted by Crippen LogP contribution is 2.44. The summed E-state index contributed by atoms with van der Waals surface area (Å²) in [6.07, 6.45) is 1.90. The average Bonchev–Trinajstić information content (AvgIpc) is 3.15. The van der Waals surface area contributed by atoms with E-state index in [9.17, 15) is 0 Å². The standard InChI is InChI=1S/C15H12N6S2/c16-13(17)20-14-18-8-5-6-10-11(12(8)23-14)21-9-4-2-1-3-7(9)19-15(21)22-10/h1-4H,5-6H2,(H4,16,17,18,20). The van der Waals surface area contributed by atoms with Crippen LogP contribution in [0.3, 0.4) is 0 Å². The molecule has 0 saturated carbocycles. The van der Waals surface area contributed by atoms with Gasteiger partial charge in [-0.15, -0.1) is 11.3 Å². The van der Waals surface area contributed by atoms with Crippen LogP contribution in [0.2, 0.25) is 0 Å². The molecule has 0 atom stereocenters. The summed E-state index contributed by atoms with van der Waals surface area (Å²) in [6, 6.07) is 8.21. The lowest BCUT2D eigenvalue weighted by molar-refractivity contribution is 0.918. The first-order chi connectivity index (χ1) is 11.2. The number of aryl methyl sites for hydroxylation is 2. The predicted molar refractivity (Wildman–Crippen MR) is 94.6 cm³/mol. The second kappa shape index (κ2) is 4.53. The molecule has 0 amide bonds. The number of rotatable bonds is 1. The number of guanidine groups is 1. The molecular formula is C15H12N6S2. The number of benzene rings is 1. The zero-order chi connectivity index (χ0) is 15.6. The number of thiazole rings is 2. The van der Waals surface area contributed by atoms with E-state index in [0.717, 1.165) is 39.4 Å². The van der Waals surface area contributed by atoms with E-state index in [1.54, 1.807) is 11.3 Å². The zero-order valence-corrected chi connectivity index (χ0v) is 13.6. The van der Waals surface area contributed by atoms with E-state index in [0.29, 0.717) is 5.13 Å². The maximum atomic E-state index is 5.49. The highest BCUT2D eigenvalue weighted by molar-refractivity contribution is 7.20. The minimum absolute atomic E-state index is 0.0415. The SMILES string of the molecule is NC(N)=Nc1nc2c(s1)-c1c(sc3nc4ccccc4n13)CC2. The Bertz CT molecular complexity index is 1100. The monoisotopic (exact) mass is 340 g/mol. The van der Waals surface area contributed by atoms with Crippen molar-refractivity contribution >= 4 is 49.8 Å². The summed E-state index contributed by atoms with van der Waals surface area (Å²) in [4.78, 5) is 17.0. The molecule has 0 unspecified atom stereocenters. The molecule has 0 aliphatic heterocycles. The second-order valence-corrected chi connectivity index (χ2v) is 7.44. The first-order valence-electron chi connectivity index (χ1n) is 7.19. The van der Waals surface area contributed by atoms with E-state index in [1.807, 2.05) is 18.2 Å². The Morgan fingerprint density at radius 2 is 2.00 bits per heavy atom. The van der Waals surface area contributed by atoms with Gasteiger partial charge in [-0.25, -0.2) is 9.97 Å². The molecule has 1 aliphatic rings. The van der Waals surface area contributed by atoms with Crippen molar-refractivity contribution in [1.82, 2.24) is 14.4 Å². The minimum Gasteiger partial charge on any atom is -0.370 e. The third kappa shape index (κ3) is 1.82. The summed E-state index contributed by atoms with van der Waals surface area (Å²) in [6.45, 7) is 0. The quantitative estimate of drug-likeness (QED) is 0.411. The van der Waals surface area contributed by atoms with Crippen LogP contribution in [0.5, 0.6) is 0 Å². The Kier molecular flexibility index (Phi) is 2.56. The Morgan fingerprint density at radius 3 is 2.87 bits per heavy atom. The van der Waals surface area contributed by atoms with Gasteiger partial charge in [0.25, 0.3) is 0 Å². The van der Waals surface area contributed by atoms with Crippen molar-refractivity contribution in [3.8, 4) is 10.6 Å². The third-order valence-electron chi connectivity index (χ3n) is 3.95. The van der Waals surface area contributed by atoms with Crippen molar-refractivity contribution in [3.05, 3.63) is 34.8 Å². The van der Waals surface area contributed by atoms with Crippen LogP contribution in [0.1, 0.15) is 10.6 Å². The lowest BCUT2D eigenvalue weighted by atomic mass is 10.1. The Balaban J connectivity index is 1.84. The van der Waals surface area contributed by atoms with Crippen LogP contribution < -0.4 is 11.5 Å². The molecule has 114 valence electrons.